The molecule has 1 aliphatic rings. The van der Waals surface area contributed by atoms with Gasteiger partial charge in [-0.2, -0.15) is 12.7 Å². The molecule has 0 aliphatic carbocycles. The van der Waals surface area contributed by atoms with Crippen LogP contribution >= 0.6 is 11.3 Å². The minimum Gasteiger partial charge on any atom is -0.385 e. The summed E-state index contributed by atoms with van der Waals surface area (Å²) in [5, 5.41) is 6.80. The number of nitrogens with one attached hydrogen (secondary N) is 1. The first-order valence-corrected chi connectivity index (χ1v) is 9.31. The lowest BCUT2D eigenvalue weighted by atomic mass is 9.98. The van der Waals surface area contributed by atoms with Crippen molar-refractivity contribution >= 4 is 56.1 Å². The fraction of sp³-hybridized carbons (Fsp3) is 0.273. The molecule has 0 bridgehead atoms. The van der Waals surface area contributed by atoms with Gasteiger partial charge in [0.05, 0.1) is 0 Å². The number of amides is 4. The van der Waals surface area contributed by atoms with Gasteiger partial charge < -0.3 is 27.4 Å². The maximum atomic E-state index is 12.5. The lowest BCUT2D eigenvalue weighted by Gasteiger charge is -2.41. The molecule has 2 rings (SSSR count). The molecule has 0 aromatic carbocycles. The predicted molar refractivity (Wildman–Crippen MR) is 91.5 cm³/mol. The monoisotopic (exact) mass is 435 g/mol. The molecule has 17 heteroatoms. The quantitative estimate of drug-likeness (QED) is 0.114. The fourth-order valence-corrected chi connectivity index (χ4v) is 3.51. The van der Waals surface area contributed by atoms with Gasteiger partial charge in [-0.1, -0.05) is 5.16 Å². The number of hydrogen-bond acceptors (Lipinski definition) is 11. The first-order valence-electron chi connectivity index (χ1n) is 7.04. The third kappa shape index (κ3) is 4.32. The van der Waals surface area contributed by atoms with Crippen molar-refractivity contribution in [2.24, 2.45) is 16.6 Å². The summed E-state index contributed by atoms with van der Waals surface area (Å²) >= 11 is 0.935. The van der Waals surface area contributed by atoms with Crippen molar-refractivity contribution in [2.75, 3.05) is 12.3 Å². The molecule has 1 saturated heterocycles. The number of oxime groups is 1. The van der Waals surface area contributed by atoms with E-state index in [1.54, 1.807) is 0 Å². The number of rotatable bonds is 8. The van der Waals surface area contributed by atoms with Crippen LogP contribution < -0.4 is 22.5 Å². The smallest absolute Gasteiger partial charge is 0.363 e. The van der Waals surface area contributed by atoms with Gasteiger partial charge in [0.2, 0.25) is 5.91 Å². The zero-order chi connectivity index (χ0) is 21.2. The topological polar surface area (TPSA) is 250 Å². The van der Waals surface area contributed by atoms with Crippen LogP contribution in [0.25, 0.3) is 0 Å². The number of thiazole rings is 1. The molecule has 2 atom stereocenters. The van der Waals surface area contributed by atoms with Crippen molar-refractivity contribution in [3.63, 3.8) is 0 Å². The molecule has 1 fully saturated rings. The Bertz CT molecular complexity index is 971. The molecule has 28 heavy (non-hydrogen) atoms. The second-order valence-corrected chi connectivity index (χ2v) is 7.34. The Morgan fingerprint density at radius 2 is 2.04 bits per heavy atom. The van der Waals surface area contributed by atoms with Gasteiger partial charge in [0, 0.05) is 5.38 Å². The average Bonchev–Trinajstić information content (AvgIpc) is 2.97. The number of nitrogen functional groups attached to an aromatic ring is 1. The standard InChI is InChI=1S/C11H13N7O8S2/c12-4(19)1-26-17-5(3-2-27-11(14)15-3)9(21)16-6-7(8(13)20)18(10(6)22)28(23,24)25/h2,6-7H,1H2,(H2,12,19)(H2,13,20)(H2,14,15)(H,16,21)(H,23,24,25). The van der Waals surface area contributed by atoms with Crippen LogP contribution in [0.1, 0.15) is 5.69 Å². The largest absolute Gasteiger partial charge is 0.385 e. The Balaban J connectivity index is 2.26. The van der Waals surface area contributed by atoms with Gasteiger partial charge in [0.15, 0.2) is 23.5 Å². The minimum atomic E-state index is -5.07. The van der Waals surface area contributed by atoms with Crippen molar-refractivity contribution in [2.45, 2.75) is 12.1 Å². The van der Waals surface area contributed by atoms with Gasteiger partial charge >= 0.3 is 10.3 Å². The zero-order valence-corrected chi connectivity index (χ0v) is 15.3. The van der Waals surface area contributed by atoms with E-state index >= 15 is 0 Å². The number of hydrogen-bond donors (Lipinski definition) is 5. The zero-order valence-electron chi connectivity index (χ0n) is 13.6. The molecule has 0 radical (unpaired) electrons. The number of anilines is 1. The Morgan fingerprint density at radius 3 is 2.50 bits per heavy atom. The summed E-state index contributed by atoms with van der Waals surface area (Å²) < 4.78 is 31.1. The number of primary amides is 2. The highest BCUT2D eigenvalue weighted by molar-refractivity contribution is 7.84. The highest BCUT2D eigenvalue weighted by atomic mass is 32.2. The number of aromatic nitrogens is 1. The van der Waals surface area contributed by atoms with Crippen LogP contribution in [0.4, 0.5) is 5.13 Å². The van der Waals surface area contributed by atoms with E-state index in [1.807, 2.05) is 5.32 Å². The van der Waals surface area contributed by atoms with Crippen molar-refractivity contribution in [1.82, 2.24) is 14.6 Å². The normalized spacial score (nSPS) is 19.7. The van der Waals surface area contributed by atoms with Crippen LogP contribution in [0.15, 0.2) is 10.5 Å². The first kappa shape index (κ1) is 21.0. The Hall–Kier alpha value is -3.31. The highest BCUT2D eigenvalue weighted by Crippen LogP contribution is 2.23. The molecule has 8 N–H and O–H groups in total. The van der Waals surface area contributed by atoms with Crippen LogP contribution in [0.3, 0.4) is 0 Å². The lowest BCUT2D eigenvalue weighted by molar-refractivity contribution is -0.150. The van der Waals surface area contributed by atoms with E-state index in [-0.39, 0.29) is 15.1 Å². The van der Waals surface area contributed by atoms with Gasteiger partial charge in [-0.05, 0) is 0 Å². The summed E-state index contributed by atoms with van der Waals surface area (Å²) in [6, 6.07) is -3.57. The molecular formula is C11H13N7O8S2. The number of carbonyl (C=O) groups is 4. The second kappa shape index (κ2) is 7.74. The van der Waals surface area contributed by atoms with E-state index in [2.05, 4.69) is 15.0 Å². The predicted octanol–water partition coefficient (Wildman–Crippen LogP) is -4.08. The fourth-order valence-electron chi connectivity index (χ4n) is 2.11. The molecule has 1 aromatic heterocycles. The van der Waals surface area contributed by atoms with Gasteiger partial charge in [-0.25, -0.2) is 4.98 Å². The number of nitrogens with two attached hydrogens (primary N) is 3. The first-order chi connectivity index (χ1) is 12.9. The van der Waals surface area contributed by atoms with Crippen molar-refractivity contribution in [3.05, 3.63) is 11.1 Å². The summed E-state index contributed by atoms with van der Waals surface area (Å²) in [6.45, 7) is -0.681. The van der Waals surface area contributed by atoms with Gasteiger partial charge in [0.25, 0.3) is 17.7 Å². The van der Waals surface area contributed by atoms with E-state index in [9.17, 15) is 27.6 Å². The molecule has 2 unspecified atom stereocenters. The summed E-state index contributed by atoms with van der Waals surface area (Å²) in [5.74, 6) is -4.64. The van der Waals surface area contributed by atoms with Gasteiger partial charge in [-0.3, -0.25) is 23.7 Å². The number of carbonyl (C=O) groups excluding carboxylic acids is 4. The lowest BCUT2D eigenvalue weighted by Crippen LogP contribution is -2.75. The number of nitrogens with zero attached hydrogens (tertiary/aromatic N) is 3. The van der Waals surface area contributed by atoms with Crippen LogP contribution in [0.2, 0.25) is 0 Å². The molecule has 0 saturated carbocycles. The van der Waals surface area contributed by atoms with Crippen LogP contribution in [-0.2, 0) is 34.3 Å². The van der Waals surface area contributed by atoms with E-state index in [0.29, 0.717) is 0 Å². The van der Waals surface area contributed by atoms with Crippen LogP contribution in [0, 0.1) is 0 Å². The molecule has 1 aliphatic heterocycles. The molecule has 1 aromatic rings. The van der Waals surface area contributed by atoms with Crippen molar-refractivity contribution in [3.8, 4) is 0 Å². The van der Waals surface area contributed by atoms with E-state index in [0.717, 1.165) is 11.3 Å². The second-order valence-electron chi connectivity index (χ2n) is 5.16. The minimum absolute atomic E-state index is 0.0534. The maximum Gasteiger partial charge on any atom is 0.363 e. The van der Waals surface area contributed by atoms with Crippen molar-refractivity contribution in [1.29, 1.82) is 0 Å². The summed E-state index contributed by atoms with van der Waals surface area (Å²) in [7, 11) is -5.07. The third-order valence-corrected chi connectivity index (χ3v) is 4.80. The van der Waals surface area contributed by atoms with E-state index in [1.165, 1.54) is 5.38 Å². The van der Waals surface area contributed by atoms with E-state index in [4.69, 9.17) is 21.8 Å². The SMILES string of the molecule is NC(=O)CON=C(C(=O)NC1C(=O)N(S(=O)(=O)O)C1C(N)=O)c1csc(N)n1. The highest BCUT2D eigenvalue weighted by Gasteiger charge is 2.57. The van der Waals surface area contributed by atoms with Gasteiger partial charge in [0.1, 0.15) is 11.7 Å². The Kier molecular flexibility index (Phi) is 5.81. The maximum absolute atomic E-state index is 12.5. The molecule has 2 heterocycles. The summed E-state index contributed by atoms with van der Waals surface area (Å²) in [6.07, 6.45) is 0. The molecule has 4 amide bonds. The van der Waals surface area contributed by atoms with Crippen molar-refractivity contribution < 1.29 is 37.0 Å². The van der Waals surface area contributed by atoms with Crippen LogP contribution in [-0.4, -0.2) is 70.3 Å². The molecule has 15 nitrogen and oxygen atoms in total. The van der Waals surface area contributed by atoms with Crippen LogP contribution in [0.5, 0.6) is 0 Å². The van der Waals surface area contributed by atoms with E-state index < -0.39 is 58.3 Å². The molecule has 152 valence electrons. The Labute approximate surface area is 160 Å². The average molecular weight is 435 g/mol. The van der Waals surface area contributed by atoms with Gasteiger partial charge in [-0.15, -0.1) is 11.3 Å². The summed E-state index contributed by atoms with van der Waals surface area (Å²) in [5.41, 5.74) is 14.7. The number of β-lactam (4-membered cyclic amide) rings is 1. The third-order valence-electron chi connectivity index (χ3n) is 3.22. The summed E-state index contributed by atoms with van der Waals surface area (Å²) in [4.78, 5) is 54.9. The molecule has 0 spiro atoms. The Morgan fingerprint density at radius 1 is 1.39 bits per heavy atom. The molecular weight excluding hydrogens is 422 g/mol.